The molecular formula is C24H23N3O. The monoisotopic (exact) mass is 369 g/mol. The Bertz CT molecular complexity index is 1080. The number of hydrogen-bond acceptors (Lipinski definition) is 2. The first-order valence-corrected chi connectivity index (χ1v) is 9.52. The quantitative estimate of drug-likeness (QED) is 0.549. The first-order chi connectivity index (χ1) is 13.7. The molecule has 0 bridgehead atoms. The molecule has 2 aromatic heterocycles. The van der Waals surface area contributed by atoms with Crippen molar-refractivity contribution < 1.29 is 4.79 Å². The van der Waals surface area contributed by atoms with Crippen LogP contribution in [0.1, 0.15) is 27.2 Å². The minimum Gasteiger partial charge on any atom is -0.352 e. The van der Waals surface area contributed by atoms with Crippen LogP contribution < -0.4 is 5.32 Å². The molecular weight excluding hydrogens is 346 g/mol. The molecule has 0 aliphatic heterocycles. The van der Waals surface area contributed by atoms with Crippen LogP contribution in [0.25, 0.3) is 10.9 Å². The van der Waals surface area contributed by atoms with Crippen LogP contribution in [0.2, 0.25) is 0 Å². The first-order valence-electron chi connectivity index (χ1n) is 9.52. The Morgan fingerprint density at radius 1 is 1.00 bits per heavy atom. The standard InChI is InChI=1S/C24H23N3O/c1-18-9-11-19(12-10-18)16-27-17-22(21-7-2-3-8-23(21)27)24(28)26-15-13-20-6-4-5-14-25-20/h2-12,14,17H,13,15-16H2,1H3,(H,26,28). The van der Waals surface area contributed by atoms with Crippen LogP contribution >= 0.6 is 0 Å². The summed E-state index contributed by atoms with van der Waals surface area (Å²) in [6, 6.07) is 22.4. The van der Waals surface area contributed by atoms with E-state index in [0.717, 1.165) is 23.1 Å². The lowest BCUT2D eigenvalue weighted by Crippen LogP contribution is -2.25. The third-order valence-corrected chi connectivity index (χ3v) is 4.90. The van der Waals surface area contributed by atoms with Gasteiger partial charge in [-0.3, -0.25) is 9.78 Å². The average molecular weight is 369 g/mol. The molecule has 2 aromatic carbocycles. The Balaban J connectivity index is 1.53. The van der Waals surface area contributed by atoms with Gasteiger partial charge in [-0.15, -0.1) is 0 Å². The number of aromatic nitrogens is 2. The maximum Gasteiger partial charge on any atom is 0.253 e. The molecule has 4 heteroatoms. The molecule has 2 heterocycles. The zero-order chi connectivity index (χ0) is 19.3. The number of rotatable bonds is 6. The molecule has 0 spiro atoms. The Hall–Kier alpha value is -3.40. The second-order valence-corrected chi connectivity index (χ2v) is 7.00. The highest BCUT2D eigenvalue weighted by Gasteiger charge is 2.14. The van der Waals surface area contributed by atoms with Crippen LogP contribution in [-0.4, -0.2) is 22.0 Å². The minimum atomic E-state index is -0.0465. The van der Waals surface area contributed by atoms with E-state index in [1.807, 2.05) is 42.6 Å². The number of fused-ring (bicyclic) bond motifs is 1. The number of pyridine rings is 1. The topological polar surface area (TPSA) is 46.9 Å². The van der Waals surface area contributed by atoms with E-state index in [9.17, 15) is 4.79 Å². The van der Waals surface area contributed by atoms with E-state index in [4.69, 9.17) is 0 Å². The van der Waals surface area contributed by atoms with Crippen molar-refractivity contribution in [2.75, 3.05) is 6.54 Å². The highest BCUT2D eigenvalue weighted by Crippen LogP contribution is 2.22. The van der Waals surface area contributed by atoms with Crippen molar-refractivity contribution in [2.45, 2.75) is 19.9 Å². The van der Waals surface area contributed by atoms with E-state index in [0.29, 0.717) is 18.5 Å². The maximum absolute atomic E-state index is 12.8. The molecule has 0 unspecified atom stereocenters. The summed E-state index contributed by atoms with van der Waals surface area (Å²) < 4.78 is 2.15. The Morgan fingerprint density at radius 3 is 2.57 bits per heavy atom. The number of nitrogens with one attached hydrogen (secondary N) is 1. The summed E-state index contributed by atoms with van der Waals surface area (Å²) in [5, 5.41) is 4.01. The van der Waals surface area contributed by atoms with Crippen LogP contribution in [0.5, 0.6) is 0 Å². The van der Waals surface area contributed by atoms with Crippen LogP contribution in [0, 0.1) is 6.92 Å². The second kappa shape index (κ2) is 8.09. The second-order valence-electron chi connectivity index (χ2n) is 7.00. The normalized spacial score (nSPS) is 10.9. The van der Waals surface area contributed by atoms with Gasteiger partial charge in [0, 0.05) is 48.5 Å². The molecule has 4 rings (SSSR count). The van der Waals surface area contributed by atoms with Gasteiger partial charge in [0.25, 0.3) is 5.91 Å². The van der Waals surface area contributed by atoms with Gasteiger partial charge in [-0.1, -0.05) is 54.1 Å². The number of carbonyl (C=O) groups is 1. The Morgan fingerprint density at radius 2 is 1.79 bits per heavy atom. The number of hydrogen-bond donors (Lipinski definition) is 1. The summed E-state index contributed by atoms with van der Waals surface area (Å²) in [5.74, 6) is -0.0465. The maximum atomic E-state index is 12.8. The van der Waals surface area contributed by atoms with Crippen molar-refractivity contribution in [1.29, 1.82) is 0 Å². The van der Waals surface area contributed by atoms with Crippen LogP contribution in [0.4, 0.5) is 0 Å². The molecule has 28 heavy (non-hydrogen) atoms. The van der Waals surface area contributed by atoms with Gasteiger partial charge in [-0.25, -0.2) is 0 Å². The Labute approximate surface area is 164 Å². The van der Waals surface area contributed by atoms with E-state index < -0.39 is 0 Å². The summed E-state index contributed by atoms with van der Waals surface area (Å²) in [4.78, 5) is 17.1. The predicted molar refractivity (Wildman–Crippen MR) is 112 cm³/mol. The van der Waals surface area contributed by atoms with Gasteiger partial charge in [0.15, 0.2) is 0 Å². The molecule has 0 radical (unpaired) electrons. The smallest absolute Gasteiger partial charge is 0.253 e. The van der Waals surface area contributed by atoms with Gasteiger partial charge in [0.1, 0.15) is 0 Å². The summed E-state index contributed by atoms with van der Waals surface area (Å²) >= 11 is 0. The SMILES string of the molecule is Cc1ccc(Cn2cc(C(=O)NCCc3ccccn3)c3ccccc32)cc1. The number of para-hydroxylation sites is 1. The van der Waals surface area contributed by atoms with Crippen LogP contribution in [0.15, 0.2) is 79.1 Å². The first kappa shape index (κ1) is 18.0. The summed E-state index contributed by atoms with van der Waals surface area (Å²) in [5.41, 5.74) is 5.22. The van der Waals surface area contributed by atoms with Gasteiger partial charge < -0.3 is 9.88 Å². The van der Waals surface area contributed by atoms with E-state index in [-0.39, 0.29) is 5.91 Å². The number of carbonyl (C=O) groups excluding carboxylic acids is 1. The molecule has 4 nitrogen and oxygen atoms in total. The number of benzene rings is 2. The van der Waals surface area contributed by atoms with Gasteiger partial charge >= 0.3 is 0 Å². The van der Waals surface area contributed by atoms with Gasteiger partial charge in [-0.2, -0.15) is 0 Å². The fourth-order valence-corrected chi connectivity index (χ4v) is 3.39. The zero-order valence-electron chi connectivity index (χ0n) is 15.9. The summed E-state index contributed by atoms with van der Waals surface area (Å²) in [7, 11) is 0. The summed E-state index contributed by atoms with van der Waals surface area (Å²) in [6.45, 7) is 3.39. The third-order valence-electron chi connectivity index (χ3n) is 4.90. The molecule has 4 aromatic rings. The molecule has 0 fully saturated rings. The molecule has 0 atom stereocenters. The zero-order valence-corrected chi connectivity index (χ0v) is 15.9. The van der Waals surface area contributed by atoms with E-state index in [2.05, 4.69) is 52.1 Å². The molecule has 1 amide bonds. The lowest BCUT2D eigenvalue weighted by Gasteiger charge is -2.06. The van der Waals surface area contributed by atoms with E-state index in [1.165, 1.54) is 11.1 Å². The molecule has 0 saturated carbocycles. The van der Waals surface area contributed by atoms with Crippen molar-refractivity contribution in [3.05, 3.63) is 102 Å². The molecule has 140 valence electrons. The highest BCUT2D eigenvalue weighted by atomic mass is 16.1. The minimum absolute atomic E-state index is 0.0465. The average Bonchev–Trinajstić information content (AvgIpc) is 3.09. The van der Waals surface area contributed by atoms with Crippen molar-refractivity contribution >= 4 is 16.8 Å². The Kier molecular flexibility index (Phi) is 5.20. The largest absolute Gasteiger partial charge is 0.352 e. The highest BCUT2D eigenvalue weighted by molar-refractivity contribution is 6.07. The van der Waals surface area contributed by atoms with Gasteiger partial charge in [0.2, 0.25) is 0 Å². The molecule has 0 saturated heterocycles. The number of amides is 1. The van der Waals surface area contributed by atoms with Gasteiger partial charge in [0.05, 0.1) is 5.56 Å². The predicted octanol–water partition coefficient (Wildman–Crippen LogP) is 4.37. The molecule has 0 aliphatic carbocycles. The molecule has 1 N–H and O–H groups in total. The lowest BCUT2D eigenvalue weighted by molar-refractivity contribution is 0.0955. The lowest BCUT2D eigenvalue weighted by atomic mass is 10.1. The summed E-state index contributed by atoms with van der Waals surface area (Å²) in [6.07, 6.45) is 4.45. The molecule has 0 aliphatic rings. The van der Waals surface area contributed by atoms with Crippen molar-refractivity contribution in [3.8, 4) is 0 Å². The number of aryl methyl sites for hydroxylation is 1. The third kappa shape index (κ3) is 3.96. The van der Waals surface area contributed by atoms with E-state index >= 15 is 0 Å². The fraction of sp³-hybridized carbons (Fsp3) is 0.167. The van der Waals surface area contributed by atoms with Crippen molar-refractivity contribution in [1.82, 2.24) is 14.9 Å². The van der Waals surface area contributed by atoms with Crippen molar-refractivity contribution in [2.24, 2.45) is 0 Å². The van der Waals surface area contributed by atoms with Crippen LogP contribution in [-0.2, 0) is 13.0 Å². The van der Waals surface area contributed by atoms with E-state index in [1.54, 1.807) is 6.20 Å². The number of nitrogens with zero attached hydrogens (tertiary/aromatic N) is 2. The van der Waals surface area contributed by atoms with Crippen LogP contribution in [0.3, 0.4) is 0 Å². The fourth-order valence-electron chi connectivity index (χ4n) is 3.39. The van der Waals surface area contributed by atoms with Crippen molar-refractivity contribution in [3.63, 3.8) is 0 Å². The van der Waals surface area contributed by atoms with Gasteiger partial charge in [-0.05, 0) is 30.7 Å².